The molecule has 0 spiro atoms. The van der Waals surface area contributed by atoms with Gasteiger partial charge >= 0.3 is 5.88 Å². The van der Waals surface area contributed by atoms with Crippen molar-refractivity contribution < 1.29 is 9.34 Å². The molecule has 0 aliphatic rings. The number of nitrogens with zero attached hydrogens (tertiary/aromatic N) is 3. The van der Waals surface area contributed by atoms with Crippen LogP contribution in [0, 0.1) is 15.5 Å². The fourth-order valence-electron chi connectivity index (χ4n) is 2.03. The number of furan rings is 1. The van der Waals surface area contributed by atoms with Crippen LogP contribution < -0.4 is 5.32 Å². The Labute approximate surface area is 123 Å². The summed E-state index contributed by atoms with van der Waals surface area (Å²) >= 11 is 0. The van der Waals surface area contributed by atoms with Crippen molar-refractivity contribution in [2.75, 3.05) is 0 Å². The highest BCUT2D eigenvalue weighted by Crippen LogP contribution is 2.22. The van der Waals surface area contributed by atoms with E-state index in [-0.39, 0.29) is 17.3 Å². The van der Waals surface area contributed by atoms with Gasteiger partial charge in [-0.3, -0.25) is 10.1 Å². The predicted molar refractivity (Wildman–Crippen MR) is 77.7 cm³/mol. The van der Waals surface area contributed by atoms with Crippen LogP contribution in [0.15, 0.2) is 35.3 Å². The molecule has 2 heterocycles. The largest absolute Gasteiger partial charge is 0.433 e. The summed E-state index contributed by atoms with van der Waals surface area (Å²) in [6.45, 7) is 7.65. The lowest BCUT2D eigenvalue weighted by Crippen LogP contribution is -2.42. The molecule has 1 N–H and O–H groups in total. The molecule has 1 atom stereocenters. The fraction of sp³-hybridized carbons (Fsp3) is 0.500. The van der Waals surface area contributed by atoms with Gasteiger partial charge in [-0.15, -0.1) is 0 Å². The Morgan fingerprint density at radius 3 is 2.76 bits per heavy atom. The van der Waals surface area contributed by atoms with Gasteiger partial charge in [0.25, 0.3) is 0 Å². The molecule has 2 rings (SSSR count). The molecule has 7 nitrogen and oxygen atoms in total. The number of aromatic nitrogens is 2. The van der Waals surface area contributed by atoms with E-state index in [1.165, 1.54) is 6.07 Å². The lowest BCUT2D eigenvalue weighted by Gasteiger charge is -2.31. The zero-order chi connectivity index (χ0) is 15.5. The molecule has 1 unspecified atom stereocenters. The average Bonchev–Trinajstić information content (AvgIpc) is 3.04. The van der Waals surface area contributed by atoms with Crippen molar-refractivity contribution in [3.63, 3.8) is 0 Å². The summed E-state index contributed by atoms with van der Waals surface area (Å²) in [6, 6.07) is 3.18. The summed E-state index contributed by atoms with van der Waals surface area (Å²) in [5.41, 5.74) is 0.0306. The first-order chi connectivity index (χ1) is 9.86. The van der Waals surface area contributed by atoms with E-state index in [4.69, 9.17) is 4.42 Å². The maximum Gasteiger partial charge on any atom is 0.433 e. The number of hydrogen-bond acceptors (Lipinski definition) is 5. The molecule has 0 aliphatic heterocycles. The van der Waals surface area contributed by atoms with Crippen molar-refractivity contribution in [3.05, 3.63) is 46.7 Å². The number of nitrogens with one attached hydrogen (secondary N) is 1. The highest BCUT2D eigenvalue weighted by Gasteiger charge is 2.25. The van der Waals surface area contributed by atoms with E-state index >= 15 is 0 Å². The molecule has 0 saturated heterocycles. The average molecular weight is 292 g/mol. The van der Waals surface area contributed by atoms with Gasteiger partial charge in [0.15, 0.2) is 0 Å². The van der Waals surface area contributed by atoms with Gasteiger partial charge in [0, 0.05) is 25.0 Å². The van der Waals surface area contributed by atoms with Gasteiger partial charge in [0.1, 0.15) is 10.7 Å². The van der Waals surface area contributed by atoms with Crippen molar-refractivity contribution in [1.29, 1.82) is 0 Å². The summed E-state index contributed by atoms with van der Waals surface area (Å²) in [7, 11) is 0. The van der Waals surface area contributed by atoms with Crippen molar-refractivity contribution in [2.45, 2.75) is 39.9 Å². The van der Waals surface area contributed by atoms with E-state index in [0.717, 1.165) is 6.54 Å². The van der Waals surface area contributed by atoms with Gasteiger partial charge in [0.05, 0.1) is 18.9 Å². The molecule has 114 valence electrons. The molecule has 0 radical (unpaired) electrons. The van der Waals surface area contributed by atoms with Gasteiger partial charge in [-0.1, -0.05) is 20.8 Å². The van der Waals surface area contributed by atoms with Crippen LogP contribution in [0.2, 0.25) is 0 Å². The van der Waals surface area contributed by atoms with Crippen LogP contribution in [0.5, 0.6) is 0 Å². The minimum Gasteiger partial charge on any atom is -0.404 e. The fourth-order valence-corrected chi connectivity index (χ4v) is 2.03. The molecule has 0 bridgehead atoms. The van der Waals surface area contributed by atoms with Crippen LogP contribution >= 0.6 is 0 Å². The third-order valence-corrected chi connectivity index (χ3v) is 3.35. The molecule has 0 saturated carbocycles. The second-order valence-corrected chi connectivity index (χ2v) is 6.06. The number of imidazole rings is 1. The molecule has 0 fully saturated rings. The minimum absolute atomic E-state index is 0.0306. The highest BCUT2D eigenvalue weighted by atomic mass is 16.6. The van der Waals surface area contributed by atoms with Crippen LogP contribution in [-0.4, -0.2) is 20.5 Å². The summed E-state index contributed by atoms with van der Waals surface area (Å²) in [4.78, 5) is 14.1. The predicted octanol–water partition coefficient (Wildman–Crippen LogP) is 2.59. The Morgan fingerprint density at radius 1 is 1.48 bits per heavy atom. The normalized spacial score (nSPS) is 13.3. The van der Waals surface area contributed by atoms with Crippen LogP contribution in [0.25, 0.3) is 0 Å². The zero-order valence-electron chi connectivity index (χ0n) is 12.4. The number of nitro groups is 1. The SMILES string of the molecule is CC(C)(C)C(Cn1ccnc1)NCc1ccc([N+](=O)[O-])o1. The summed E-state index contributed by atoms with van der Waals surface area (Å²) in [6.07, 6.45) is 5.44. The van der Waals surface area contributed by atoms with E-state index in [9.17, 15) is 10.1 Å². The second-order valence-electron chi connectivity index (χ2n) is 6.06. The summed E-state index contributed by atoms with van der Waals surface area (Å²) < 4.78 is 7.17. The molecule has 0 aliphatic carbocycles. The molecule has 0 amide bonds. The minimum atomic E-state index is -0.532. The topological polar surface area (TPSA) is 86.1 Å². The van der Waals surface area contributed by atoms with Crippen LogP contribution in [-0.2, 0) is 13.1 Å². The van der Waals surface area contributed by atoms with Crippen molar-refractivity contribution in [1.82, 2.24) is 14.9 Å². The Bertz CT molecular complexity index is 584. The first-order valence-corrected chi connectivity index (χ1v) is 6.78. The first kappa shape index (κ1) is 15.2. The van der Waals surface area contributed by atoms with E-state index < -0.39 is 4.92 Å². The van der Waals surface area contributed by atoms with Gasteiger partial charge in [-0.2, -0.15) is 0 Å². The van der Waals surface area contributed by atoms with Crippen molar-refractivity contribution in [2.24, 2.45) is 5.41 Å². The van der Waals surface area contributed by atoms with E-state index in [1.54, 1.807) is 18.6 Å². The van der Waals surface area contributed by atoms with Gasteiger partial charge in [-0.25, -0.2) is 4.98 Å². The lowest BCUT2D eigenvalue weighted by molar-refractivity contribution is -0.402. The smallest absolute Gasteiger partial charge is 0.404 e. The monoisotopic (exact) mass is 292 g/mol. The number of hydrogen-bond donors (Lipinski definition) is 1. The summed E-state index contributed by atoms with van der Waals surface area (Å²) in [5, 5.41) is 14.0. The van der Waals surface area contributed by atoms with E-state index in [0.29, 0.717) is 12.3 Å². The van der Waals surface area contributed by atoms with E-state index in [1.807, 2.05) is 10.8 Å². The third kappa shape index (κ3) is 4.16. The molecular formula is C14H20N4O3. The Balaban J connectivity index is 2.00. The Hall–Kier alpha value is -2.15. The second kappa shape index (κ2) is 6.09. The van der Waals surface area contributed by atoms with Crippen LogP contribution in [0.4, 0.5) is 5.88 Å². The first-order valence-electron chi connectivity index (χ1n) is 6.78. The maximum absolute atomic E-state index is 10.6. The molecule has 2 aromatic heterocycles. The molecule has 0 aromatic carbocycles. The quantitative estimate of drug-likeness (QED) is 0.653. The van der Waals surface area contributed by atoms with Crippen molar-refractivity contribution in [3.8, 4) is 0 Å². The van der Waals surface area contributed by atoms with Crippen LogP contribution in [0.1, 0.15) is 26.5 Å². The van der Waals surface area contributed by atoms with Crippen LogP contribution in [0.3, 0.4) is 0 Å². The lowest BCUT2D eigenvalue weighted by atomic mass is 9.86. The third-order valence-electron chi connectivity index (χ3n) is 3.35. The van der Waals surface area contributed by atoms with Gasteiger partial charge in [-0.05, 0) is 11.5 Å². The Kier molecular flexibility index (Phi) is 4.42. The molecule has 2 aromatic rings. The number of rotatable bonds is 6. The van der Waals surface area contributed by atoms with Gasteiger partial charge in [0.2, 0.25) is 0 Å². The Morgan fingerprint density at radius 2 is 2.24 bits per heavy atom. The molecule has 21 heavy (non-hydrogen) atoms. The van der Waals surface area contributed by atoms with Crippen molar-refractivity contribution >= 4 is 5.88 Å². The standard InChI is InChI=1S/C14H20N4O3/c1-14(2,3)12(9-17-7-6-15-10-17)16-8-11-4-5-13(21-11)18(19)20/h4-7,10,12,16H,8-9H2,1-3H3. The highest BCUT2D eigenvalue weighted by molar-refractivity contribution is 5.17. The molecule has 7 heteroatoms. The molecular weight excluding hydrogens is 272 g/mol. The van der Waals surface area contributed by atoms with E-state index in [2.05, 4.69) is 31.1 Å². The summed E-state index contributed by atoms with van der Waals surface area (Å²) in [5.74, 6) is 0.329. The zero-order valence-corrected chi connectivity index (χ0v) is 12.4. The maximum atomic E-state index is 10.6. The van der Waals surface area contributed by atoms with Gasteiger partial charge < -0.3 is 14.3 Å².